The average Bonchev–Trinajstić information content (AvgIpc) is 3.20. The lowest BCUT2D eigenvalue weighted by molar-refractivity contribution is 0.0609. The van der Waals surface area contributed by atoms with Crippen molar-refractivity contribution in [2.45, 2.75) is 31.5 Å². The fourth-order valence-corrected chi connectivity index (χ4v) is 3.00. The molecule has 118 valence electrons. The molecule has 0 spiro atoms. The molecular formula is C17H23N3O2. The van der Waals surface area contributed by atoms with E-state index in [0.29, 0.717) is 19.2 Å². The Bertz CT molecular complexity index is 544. The Hall–Kier alpha value is -1.85. The predicted molar refractivity (Wildman–Crippen MR) is 84.8 cm³/mol. The Balaban J connectivity index is 1.46. The summed E-state index contributed by atoms with van der Waals surface area (Å²) >= 11 is 0. The maximum Gasteiger partial charge on any atom is 0.119 e. The van der Waals surface area contributed by atoms with Crippen molar-refractivity contribution < 1.29 is 9.84 Å². The van der Waals surface area contributed by atoms with Crippen LogP contribution in [-0.4, -0.2) is 51.6 Å². The molecule has 2 heterocycles. The summed E-state index contributed by atoms with van der Waals surface area (Å²) in [5.74, 6) is 0.802. The molecule has 2 atom stereocenters. The fourth-order valence-electron chi connectivity index (χ4n) is 3.00. The molecule has 0 bridgehead atoms. The van der Waals surface area contributed by atoms with Gasteiger partial charge < -0.3 is 9.84 Å². The Morgan fingerprint density at radius 1 is 1.27 bits per heavy atom. The van der Waals surface area contributed by atoms with E-state index in [2.05, 4.69) is 10.00 Å². The van der Waals surface area contributed by atoms with Gasteiger partial charge in [0, 0.05) is 25.0 Å². The minimum atomic E-state index is -0.474. The van der Waals surface area contributed by atoms with Crippen LogP contribution in [0.1, 0.15) is 12.8 Å². The zero-order chi connectivity index (χ0) is 15.2. The minimum absolute atomic E-state index is 0.328. The molecule has 0 saturated carbocycles. The summed E-state index contributed by atoms with van der Waals surface area (Å²) in [5, 5.41) is 14.5. The van der Waals surface area contributed by atoms with Crippen LogP contribution in [0.25, 0.3) is 0 Å². The van der Waals surface area contributed by atoms with E-state index in [0.717, 1.165) is 25.3 Å². The highest BCUT2D eigenvalue weighted by molar-refractivity contribution is 5.20. The molecule has 1 saturated heterocycles. The van der Waals surface area contributed by atoms with Gasteiger partial charge in [0.15, 0.2) is 0 Å². The van der Waals surface area contributed by atoms with Crippen LogP contribution in [0.4, 0.5) is 0 Å². The molecule has 0 radical (unpaired) electrons. The summed E-state index contributed by atoms with van der Waals surface area (Å²) < 4.78 is 7.59. The highest BCUT2D eigenvalue weighted by Crippen LogP contribution is 2.19. The average molecular weight is 301 g/mol. The molecule has 5 heteroatoms. The second-order valence-corrected chi connectivity index (χ2v) is 5.80. The highest BCUT2D eigenvalue weighted by atomic mass is 16.5. The van der Waals surface area contributed by atoms with Crippen LogP contribution in [-0.2, 0) is 6.54 Å². The first-order valence-electron chi connectivity index (χ1n) is 7.88. The number of aromatic nitrogens is 2. The number of rotatable bonds is 7. The van der Waals surface area contributed by atoms with Crippen LogP contribution in [0.3, 0.4) is 0 Å². The maximum absolute atomic E-state index is 10.2. The van der Waals surface area contributed by atoms with E-state index >= 15 is 0 Å². The first-order valence-corrected chi connectivity index (χ1v) is 7.88. The maximum atomic E-state index is 10.2. The molecule has 0 unspecified atom stereocenters. The van der Waals surface area contributed by atoms with E-state index < -0.39 is 6.10 Å². The van der Waals surface area contributed by atoms with Gasteiger partial charge in [-0.3, -0.25) is 9.58 Å². The molecule has 1 aromatic carbocycles. The number of para-hydroxylation sites is 1. The van der Waals surface area contributed by atoms with Crippen molar-refractivity contribution in [2.24, 2.45) is 0 Å². The van der Waals surface area contributed by atoms with Crippen molar-refractivity contribution in [1.82, 2.24) is 14.7 Å². The summed E-state index contributed by atoms with van der Waals surface area (Å²) in [7, 11) is 0. The summed E-state index contributed by atoms with van der Waals surface area (Å²) in [6, 6.07) is 12.0. The number of β-amino-alcohol motifs (C(OH)–C–C–N with tert-alkyl or cyclic N) is 1. The van der Waals surface area contributed by atoms with E-state index in [1.54, 1.807) is 0 Å². The molecule has 0 amide bonds. The van der Waals surface area contributed by atoms with Crippen molar-refractivity contribution in [2.75, 3.05) is 19.7 Å². The SMILES string of the molecule is O[C@@H](COc1ccccc1)CN1CCC[C@H]1Cn1cccn1. The van der Waals surface area contributed by atoms with Gasteiger partial charge in [0.05, 0.1) is 6.54 Å². The normalized spacial score (nSPS) is 20.1. The Morgan fingerprint density at radius 2 is 2.14 bits per heavy atom. The predicted octanol–water partition coefficient (Wildman–Crippen LogP) is 1.79. The molecule has 3 rings (SSSR count). The van der Waals surface area contributed by atoms with Crippen LogP contribution in [0.2, 0.25) is 0 Å². The van der Waals surface area contributed by atoms with Crippen molar-refractivity contribution >= 4 is 0 Å². The number of hydrogen-bond acceptors (Lipinski definition) is 4. The lowest BCUT2D eigenvalue weighted by atomic mass is 10.2. The van der Waals surface area contributed by atoms with Crippen LogP contribution in [0.15, 0.2) is 48.8 Å². The number of nitrogens with zero attached hydrogens (tertiary/aromatic N) is 3. The van der Waals surface area contributed by atoms with Crippen molar-refractivity contribution in [3.63, 3.8) is 0 Å². The Kier molecular flexibility index (Phi) is 5.08. The van der Waals surface area contributed by atoms with Crippen LogP contribution < -0.4 is 4.74 Å². The van der Waals surface area contributed by atoms with E-state index in [4.69, 9.17) is 4.74 Å². The van der Waals surface area contributed by atoms with Gasteiger partial charge in [0.1, 0.15) is 18.5 Å². The van der Waals surface area contributed by atoms with Gasteiger partial charge >= 0.3 is 0 Å². The van der Waals surface area contributed by atoms with Crippen LogP contribution in [0, 0.1) is 0 Å². The standard InChI is InChI=1S/C17H23N3O2/c21-16(14-22-17-7-2-1-3-8-17)13-19-10-4-6-15(19)12-20-11-5-9-18-20/h1-3,5,7-9,11,15-16,21H,4,6,10,12-14H2/t15-,16+/m0/s1. The van der Waals surface area contributed by atoms with E-state index in [1.807, 2.05) is 53.5 Å². The second kappa shape index (κ2) is 7.42. The zero-order valence-corrected chi connectivity index (χ0v) is 12.7. The van der Waals surface area contributed by atoms with Gasteiger partial charge in [-0.1, -0.05) is 18.2 Å². The number of aliphatic hydroxyl groups excluding tert-OH is 1. The van der Waals surface area contributed by atoms with Crippen molar-refractivity contribution in [3.05, 3.63) is 48.8 Å². The van der Waals surface area contributed by atoms with Crippen molar-refractivity contribution in [1.29, 1.82) is 0 Å². The van der Waals surface area contributed by atoms with Crippen LogP contribution in [0.5, 0.6) is 5.75 Å². The number of ether oxygens (including phenoxy) is 1. The third-order valence-electron chi connectivity index (χ3n) is 4.09. The third kappa shape index (κ3) is 4.08. The molecule has 1 aromatic heterocycles. The zero-order valence-electron chi connectivity index (χ0n) is 12.7. The molecule has 2 aromatic rings. The molecule has 1 fully saturated rings. The quantitative estimate of drug-likeness (QED) is 0.847. The molecule has 0 aliphatic carbocycles. The fraction of sp³-hybridized carbons (Fsp3) is 0.471. The molecule has 1 N–H and O–H groups in total. The molecule has 5 nitrogen and oxygen atoms in total. The first-order chi connectivity index (χ1) is 10.8. The van der Waals surface area contributed by atoms with Crippen molar-refractivity contribution in [3.8, 4) is 5.75 Å². The van der Waals surface area contributed by atoms with Gasteiger partial charge in [-0.2, -0.15) is 5.10 Å². The van der Waals surface area contributed by atoms with Gasteiger partial charge in [-0.25, -0.2) is 0 Å². The summed E-state index contributed by atoms with van der Waals surface area (Å²) in [4.78, 5) is 2.35. The number of benzene rings is 1. The number of hydrogen-bond donors (Lipinski definition) is 1. The van der Waals surface area contributed by atoms with E-state index in [1.165, 1.54) is 6.42 Å². The number of aliphatic hydroxyl groups is 1. The monoisotopic (exact) mass is 301 g/mol. The largest absolute Gasteiger partial charge is 0.491 e. The highest BCUT2D eigenvalue weighted by Gasteiger charge is 2.26. The number of likely N-dealkylation sites (tertiary alicyclic amines) is 1. The smallest absolute Gasteiger partial charge is 0.119 e. The molecule has 1 aliphatic heterocycles. The Labute approximate surface area is 131 Å². The van der Waals surface area contributed by atoms with E-state index in [-0.39, 0.29) is 0 Å². The lowest BCUT2D eigenvalue weighted by Gasteiger charge is -2.26. The molecule has 22 heavy (non-hydrogen) atoms. The van der Waals surface area contributed by atoms with Gasteiger partial charge in [-0.05, 0) is 37.6 Å². The van der Waals surface area contributed by atoms with Gasteiger partial charge in [0.25, 0.3) is 0 Å². The summed E-state index contributed by atoms with van der Waals surface area (Å²) in [6.45, 7) is 2.90. The molecular weight excluding hydrogens is 278 g/mol. The third-order valence-corrected chi connectivity index (χ3v) is 4.09. The van der Waals surface area contributed by atoms with Gasteiger partial charge in [0.2, 0.25) is 0 Å². The lowest BCUT2D eigenvalue weighted by Crippen LogP contribution is -2.40. The van der Waals surface area contributed by atoms with E-state index in [9.17, 15) is 5.11 Å². The first kappa shape index (κ1) is 15.1. The minimum Gasteiger partial charge on any atom is -0.491 e. The second-order valence-electron chi connectivity index (χ2n) is 5.80. The summed E-state index contributed by atoms with van der Waals surface area (Å²) in [5.41, 5.74) is 0. The summed E-state index contributed by atoms with van der Waals surface area (Å²) in [6.07, 6.45) is 5.66. The van der Waals surface area contributed by atoms with Crippen LogP contribution >= 0.6 is 0 Å². The van der Waals surface area contributed by atoms with Gasteiger partial charge in [-0.15, -0.1) is 0 Å². The Morgan fingerprint density at radius 3 is 2.91 bits per heavy atom. The topological polar surface area (TPSA) is 50.5 Å². The molecule has 1 aliphatic rings.